The van der Waals surface area contributed by atoms with Crippen LogP contribution in [0.25, 0.3) is 0 Å². The van der Waals surface area contributed by atoms with Crippen molar-refractivity contribution in [2.45, 2.75) is 70.4 Å². The van der Waals surface area contributed by atoms with Gasteiger partial charge < -0.3 is 4.74 Å². The van der Waals surface area contributed by atoms with Gasteiger partial charge in [0.25, 0.3) is 0 Å². The first-order valence-corrected chi connectivity index (χ1v) is 7.58. The fourth-order valence-corrected chi connectivity index (χ4v) is 3.43. The predicted octanol–water partition coefficient (Wildman–Crippen LogP) is 3.46. The van der Waals surface area contributed by atoms with Crippen LogP contribution in [0.1, 0.15) is 58.3 Å². The molecule has 0 N–H and O–H groups in total. The van der Waals surface area contributed by atoms with Crippen molar-refractivity contribution < 1.29 is 4.74 Å². The molecule has 2 heterocycles. The number of ether oxygens (including phenoxy) is 1. The lowest BCUT2D eigenvalue weighted by molar-refractivity contribution is -0.0577. The summed E-state index contributed by atoms with van der Waals surface area (Å²) in [6, 6.07) is 1.34. The summed E-state index contributed by atoms with van der Waals surface area (Å²) >= 11 is 0. The highest BCUT2D eigenvalue weighted by atomic mass is 16.5. The fourth-order valence-electron chi connectivity index (χ4n) is 3.43. The molecule has 17 heavy (non-hydrogen) atoms. The highest BCUT2D eigenvalue weighted by molar-refractivity contribution is 4.84. The van der Waals surface area contributed by atoms with Crippen LogP contribution in [0.15, 0.2) is 0 Å². The molecular weight excluding hydrogens is 210 g/mol. The minimum absolute atomic E-state index is 0.660. The quantitative estimate of drug-likeness (QED) is 0.642. The Kier molecular flexibility index (Phi) is 5.30. The zero-order valence-electron chi connectivity index (χ0n) is 11.7. The van der Waals surface area contributed by atoms with Crippen molar-refractivity contribution in [1.82, 2.24) is 4.90 Å². The second-order valence-electron chi connectivity index (χ2n) is 6.10. The maximum atomic E-state index is 5.84. The van der Waals surface area contributed by atoms with Gasteiger partial charge in [-0.05, 0) is 25.8 Å². The fraction of sp³-hybridized carbons (Fsp3) is 1.00. The normalized spacial score (nSPS) is 38.1. The lowest BCUT2D eigenvalue weighted by atomic mass is 9.91. The largest absolute Gasteiger partial charge is 0.378 e. The maximum absolute atomic E-state index is 5.84. The van der Waals surface area contributed by atoms with E-state index >= 15 is 0 Å². The molecule has 100 valence electrons. The van der Waals surface area contributed by atoms with Crippen LogP contribution in [0.5, 0.6) is 0 Å². The minimum atomic E-state index is 0.660. The average molecular weight is 239 g/mol. The van der Waals surface area contributed by atoms with Crippen molar-refractivity contribution in [2.24, 2.45) is 5.92 Å². The lowest BCUT2D eigenvalue weighted by Gasteiger charge is -2.42. The van der Waals surface area contributed by atoms with Gasteiger partial charge in [-0.3, -0.25) is 4.90 Å². The molecule has 2 bridgehead atoms. The second-order valence-corrected chi connectivity index (χ2v) is 6.10. The van der Waals surface area contributed by atoms with Crippen molar-refractivity contribution in [3.8, 4) is 0 Å². The van der Waals surface area contributed by atoms with Gasteiger partial charge in [-0.2, -0.15) is 0 Å². The molecule has 3 atom stereocenters. The van der Waals surface area contributed by atoms with Crippen LogP contribution in [0.4, 0.5) is 0 Å². The van der Waals surface area contributed by atoms with E-state index in [4.69, 9.17) is 4.74 Å². The first kappa shape index (κ1) is 13.4. The monoisotopic (exact) mass is 239 g/mol. The molecule has 0 aromatic rings. The van der Waals surface area contributed by atoms with Gasteiger partial charge in [-0.15, -0.1) is 0 Å². The number of rotatable bonds is 0. The topological polar surface area (TPSA) is 12.5 Å². The Morgan fingerprint density at radius 3 is 2.29 bits per heavy atom. The molecule has 0 amide bonds. The molecule has 2 saturated heterocycles. The van der Waals surface area contributed by atoms with Crippen LogP contribution in [-0.4, -0.2) is 37.2 Å². The smallest absolute Gasteiger partial charge is 0.0625 e. The molecule has 0 spiro atoms. The van der Waals surface area contributed by atoms with Crippen molar-refractivity contribution in [3.05, 3.63) is 0 Å². The standard InChI is InChI=1S/C15H29NO/c1-13-9-7-5-3-4-6-8-10-14-11-17-12-15(13)16(14)2/h13-15H,3-12H2,1-2H3. The first-order chi connectivity index (χ1) is 8.29. The van der Waals surface area contributed by atoms with Crippen LogP contribution in [0, 0.1) is 5.92 Å². The predicted molar refractivity (Wildman–Crippen MR) is 72.3 cm³/mol. The SMILES string of the molecule is CC1CCCCCCCCC2COCC1N2C. The zero-order valence-corrected chi connectivity index (χ0v) is 11.7. The number of nitrogens with zero attached hydrogens (tertiary/aromatic N) is 1. The number of morpholine rings is 1. The van der Waals surface area contributed by atoms with E-state index in [1.807, 2.05) is 0 Å². The molecule has 2 aliphatic rings. The molecule has 0 aromatic heterocycles. The van der Waals surface area contributed by atoms with Gasteiger partial charge in [0.1, 0.15) is 0 Å². The zero-order chi connectivity index (χ0) is 12.1. The van der Waals surface area contributed by atoms with Gasteiger partial charge in [-0.1, -0.05) is 45.4 Å². The molecule has 3 unspecified atom stereocenters. The van der Waals surface area contributed by atoms with Crippen LogP contribution in [0.3, 0.4) is 0 Å². The summed E-state index contributed by atoms with van der Waals surface area (Å²) in [5.74, 6) is 0.794. The van der Waals surface area contributed by atoms with E-state index < -0.39 is 0 Å². The molecule has 2 fully saturated rings. The molecule has 2 heteroatoms. The minimum Gasteiger partial charge on any atom is -0.378 e. The molecule has 0 saturated carbocycles. The third-order valence-electron chi connectivity index (χ3n) is 4.80. The molecule has 2 nitrogen and oxygen atoms in total. The first-order valence-electron chi connectivity index (χ1n) is 7.58. The van der Waals surface area contributed by atoms with E-state index in [9.17, 15) is 0 Å². The number of hydrogen-bond acceptors (Lipinski definition) is 2. The molecule has 2 rings (SSSR count). The number of fused-ring (bicyclic) bond motifs is 2. The molecule has 0 aliphatic carbocycles. The molecule has 0 aromatic carbocycles. The van der Waals surface area contributed by atoms with Gasteiger partial charge in [0.2, 0.25) is 0 Å². The van der Waals surface area contributed by atoms with Crippen LogP contribution in [0.2, 0.25) is 0 Å². The summed E-state index contributed by atoms with van der Waals surface area (Å²) in [7, 11) is 2.32. The Morgan fingerprint density at radius 2 is 1.53 bits per heavy atom. The van der Waals surface area contributed by atoms with Crippen molar-refractivity contribution in [3.63, 3.8) is 0 Å². The molecular formula is C15H29NO. The van der Waals surface area contributed by atoms with Gasteiger partial charge in [0, 0.05) is 12.1 Å². The van der Waals surface area contributed by atoms with Crippen LogP contribution >= 0.6 is 0 Å². The number of likely N-dealkylation sites (N-methyl/N-ethyl adjacent to an activating group) is 1. The van der Waals surface area contributed by atoms with E-state index in [-0.39, 0.29) is 0 Å². The summed E-state index contributed by atoms with van der Waals surface area (Å²) in [6.07, 6.45) is 11.3. The lowest BCUT2D eigenvalue weighted by Crippen LogP contribution is -2.52. The molecule has 0 radical (unpaired) electrons. The summed E-state index contributed by atoms with van der Waals surface area (Å²) in [4.78, 5) is 2.62. The maximum Gasteiger partial charge on any atom is 0.0625 e. The van der Waals surface area contributed by atoms with E-state index in [0.29, 0.717) is 12.1 Å². The van der Waals surface area contributed by atoms with Crippen molar-refractivity contribution in [1.29, 1.82) is 0 Å². The Hall–Kier alpha value is -0.0800. The third-order valence-corrected chi connectivity index (χ3v) is 4.80. The Bertz CT molecular complexity index is 219. The third kappa shape index (κ3) is 3.69. The van der Waals surface area contributed by atoms with Crippen molar-refractivity contribution >= 4 is 0 Å². The number of hydrogen-bond donors (Lipinski definition) is 0. The second kappa shape index (κ2) is 6.75. The van der Waals surface area contributed by atoms with E-state index in [0.717, 1.165) is 19.1 Å². The van der Waals surface area contributed by atoms with Gasteiger partial charge in [-0.25, -0.2) is 0 Å². The van der Waals surface area contributed by atoms with Gasteiger partial charge in [0.05, 0.1) is 13.2 Å². The highest BCUT2D eigenvalue weighted by Gasteiger charge is 2.31. The molecule has 2 aliphatic heterocycles. The summed E-state index contributed by atoms with van der Waals surface area (Å²) in [5.41, 5.74) is 0. The highest BCUT2D eigenvalue weighted by Crippen LogP contribution is 2.26. The average Bonchev–Trinajstić information content (AvgIpc) is 2.33. The summed E-state index contributed by atoms with van der Waals surface area (Å²) < 4.78 is 5.84. The van der Waals surface area contributed by atoms with Gasteiger partial charge >= 0.3 is 0 Å². The Balaban J connectivity index is 1.96. The summed E-state index contributed by atoms with van der Waals surface area (Å²) in [5, 5.41) is 0. The van der Waals surface area contributed by atoms with Crippen LogP contribution < -0.4 is 0 Å². The summed E-state index contributed by atoms with van der Waals surface area (Å²) in [6.45, 7) is 4.33. The van der Waals surface area contributed by atoms with E-state index in [2.05, 4.69) is 18.9 Å². The van der Waals surface area contributed by atoms with Gasteiger partial charge in [0.15, 0.2) is 0 Å². The Morgan fingerprint density at radius 1 is 0.882 bits per heavy atom. The van der Waals surface area contributed by atoms with E-state index in [1.54, 1.807) is 0 Å². The van der Waals surface area contributed by atoms with E-state index in [1.165, 1.54) is 51.4 Å². The van der Waals surface area contributed by atoms with Crippen LogP contribution in [-0.2, 0) is 4.74 Å². The van der Waals surface area contributed by atoms with Crippen molar-refractivity contribution in [2.75, 3.05) is 20.3 Å². The Labute approximate surface area is 107 Å².